The fourth-order valence-electron chi connectivity index (χ4n) is 1.91. The first-order valence-corrected chi connectivity index (χ1v) is 6.30. The molecule has 2 heterocycles. The molecule has 0 fully saturated rings. The molecule has 0 aliphatic carbocycles. The van der Waals surface area contributed by atoms with E-state index in [1.165, 1.54) is 0 Å². The van der Waals surface area contributed by atoms with Crippen LogP contribution in [0.15, 0.2) is 42.7 Å². The lowest BCUT2D eigenvalue weighted by molar-refractivity contribution is 1.19. The highest BCUT2D eigenvalue weighted by Gasteiger charge is 2.06. The first-order chi connectivity index (χ1) is 8.63. The lowest BCUT2D eigenvalue weighted by atomic mass is 10.1. The Kier molecular flexibility index (Phi) is 2.77. The Labute approximate surface area is 115 Å². The molecule has 0 bridgehead atoms. The highest BCUT2D eigenvalue weighted by molar-refractivity contribution is 6.31. The average molecular weight is 277 g/mol. The Bertz CT molecular complexity index is 732. The number of pyridine rings is 1. The van der Waals surface area contributed by atoms with E-state index in [9.17, 15) is 0 Å². The van der Waals surface area contributed by atoms with Crippen molar-refractivity contribution in [2.24, 2.45) is 0 Å². The average Bonchev–Trinajstić information content (AvgIpc) is 2.75. The maximum absolute atomic E-state index is 6.02. The van der Waals surface area contributed by atoms with Crippen molar-refractivity contribution < 1.29 is 0 Å². The summed E-state index contributed by atoms with van der Waals surface area (Å²) in [7, 11) is 0. The highest BCUT2D eigenvalue weighted by Crippen LogP contribution is 2.24. The summed E-state index contributed by atoms with van der Waals surface area (Å²) in [6.45, 7) is 1.98. The third kappa shape index (κ3) is 1.98. The van der Waals surface area contributed by atoms with Gasteiger partial charge in [-0.1, -0.05) is 29.3 Å². The number of nitrogens with zero attached hydrogens (tertiary/aromatic N) is 2. The molecule has 0 N–H and O–H groups in total. The standard InChI is InChI=1S/C14H10Cl2N2/c1-9-6-10(2-4-12(9)16)13-8-18-7-11(15)3-5-14(18)17-13/h2-8H,1H3. The van der Waals surface area contributed by atoms with Gasteiger partial charge in [0.2, 0.25) is 0 Å². The van der Waals surface area contributed by atoms with Crippen LogP contribution in [0.3, 0.4) is 0 Å². The van der Waals surface area contributed by atoms with E-state index in [2.05, 4.69) is 4.98 Å². The number of rotatable bonds is 1. The summed E-state index contributed by atoms with van der Waals surface area (Å²) in [5, 5.41) is 1.46. The van der Waals surface area contributed by atoms with Crippen molar-refractivity contribution >= 4 is 28.8 Å². The zero-order valence-electron chi connectivity index (χ0n) is 9.69. The zero-order chi connectivity index (χ0) is 12.7. The molecule has 0 spiro atoms. The van der Waals surface area contributed by atoms with Crippen LogP contribution in [0, 0.1) is 6.92 Å². The lowest BCUT2D eigenvalue weighted by Gasteiger charge is -2.00. The number of hydrogen-bond acceptors (Lipinski definition) is 1. The first-order valence-electron chi connectivity index (χ1n) is 5.54. The summed E-state index contributed by atoms with van der Waals surface area (Å²) in [5.41, 5.74) is 3.89. The maximum atomic E-state index is 6.02. The van der Waals surface area contributed by atoms with Gasteiger partial charge in [-0.2, -0.15) is 0 Å². The van der Waals surface area contributed by atoms with Gasteiger partial charge in [0, 0.05) is 23.0 Å². The third-order valence-electron chi connectivity index (χ3n) is 2.87. The van der Waals surface area contributed by atoms with E-state index in [0.717, 1.165) is 27.5 Å². The normalized spacial score (nSPS) is 11.1. The quantitative estimate of drug-likeness (QED) is 0.634. The number of aryl methyl sites for hydroxylation is 1. The summed E-state index contributed by atoms with van der Waals surface area (Å²) in [5.74, 6) is 0. The van der Waals surface area contributed by atoms with E-state index in [-0.39, 0.29) is 0 Å². The van der Waals surface area contributed by atoms with Crippen LogP contribution in [-0.4, -0.2) is 9.38 Å². The predicted octanol–water partition coefficient (Wildman–Crippen LogP) is 4.62. The number of fused-ring (bicyclic) bond motifs is 1. The molecule has 0 radical (unpaired) electrons. The minimum absolute atomic E-state index is 0.693. The number of imidazole rings is 1. The van der Waals surface area contributed by atoms with Crippen molar-refractivity contribution in [2.45, 2.75) is 6.92 Å². The first kappa shape index (κ1) is 11.6. The van der Waals surface area contributed by atoms with Crippen molar-refractivity contribution in [3.05, 3.63) is 58.3 Å². The largest absolute Gasteiger partial charge is 0.305 e. The summed E-state index contributed by atoms with van der Waals surface area (Å²) in [6.07, 6.45) is 3.81. The fourth-order valence-corrected chi connectivity index (χ4v) is 2.19. The molecule has 18 heavy (non-hydrogen) atoms. The van der Waals surface area contributed by atoms with Crippen LogP contribution in [0.1, 0.15) is 5.56 Å². The summed E-state index contributed by atoms with van der Waals surface area (Å²) in [4.78, 5) is 4.56. The molecular formula is C14H10Cl2N2. The van der Waals surface area contributed by atoms with Crippen molar-refractivity contribution in [2.75, 3.05) is 0 Å². The van der Waals surface area contributed by atoms with Crippen molar-refractivity contribution in [1.82, 2.24) is 9.38 Å². The molecule has 0 aliphatic rings. The number of aromatic nitrogens is 2. The summed E-state index contributed by atoms with van der Waals surface area (Å²) < 4.78 is 1.92. The van der Waals surface area contributed by atoms with Gasteiger partial charge >= 0.3 is 0 Å². The topological polar surface area (TPSA) is 17.3 Å². The molecule has 2 aromatic heterocycles. The van der Waals surface area contributed by atoms with Crippen molar-refractivity contribution in [3.63, 3.8) is 0 Å². The van der Waals surface area contributed by atoms with E-state index in [1.54, 1.807) is 0 Å². The molecule has 0 saturated carbocycles. The molecule has 4 heteroatoms. The molecule has 2 nitrogen and oxygen atoms in total. The third-order valence-corrected chi connectivity index (χ3v) is 3.52. The number of halogens is 2. The van der Waals surface area contributed by atoms with Crippen LogP contribution in [-0.2, 0) is 0 Å². The molecule has 0 amide bonds. The minimum atomic E-state index is 0.693. The molecule has 0 atom stereocenters. The summed E-state index contributed by atoms with van der Waals surface area (Å²) >= 11 is 12.0. The molecule has 1 aromatic carbocycles. The lowest BCUT2D eigenvalue weighted by Crippen LogP contribution is -1.80. The van der Waals surface area contributed by atoms with Gasteiger partial charge in [-0.3, -0.25) is 0 Å². The van der Waals surface area contributed by atoms with Crippen LogP contribution >= 0.6 is 23.2 Å². The van der Waals surface area contributed by atoms with E-state index >= 15 is 0 Å². The van der Waals surface area contributed by atoms with Gasteiger partial charge in [0.15, 0.2) is 0 Å². The number of hydrogen-bond donors (Lipinski definition) is 0. The van der Waals surface area contributed by atoms with Gasteiger partial charge < -0.3 is 4.40 Å². The summed E-state index contributed by atoms with van der Waals surface area (Å²) in [6, 6.07) is 9.63. The highest BCUT2D eigenvalue weighted by atomic mass is 35.5. The fraction of sp³-hybridized carbons (Fsp3) is 0.0714. The Hall–Kier alpha value is -1.51. The van der Waals surface area contributed by atoms with Gasteiger partial charge in [-0.25, -0.2) is 4.98 Å². The van der Waals surface area contributed by atoms with E-state index in [1.807, 2.05) is 54.0 Å². The van der Waals surface area contributed by atoms with E-state index < -0.39 is 0 Å². The van der Waals surface area contributed by atoms with Crippen LogP contribution < -0.4 is 0 Å². The van der Waals surface area contributed by atoms with Crippen molar-refractivity contribution in [3.8, 4) is 11.3 Å². The predicted molar refractivity (Wildman–Crippen MR) is 75.4 cm³/mol. The number of benzene rings is 1. The van der Waals surface area contributed by atoms with Gasteiger partial charge in [-0.15, -0.1) is 0 Å². The van der Waals surface area contributed by atoms with Crippen LogP contribution in [0.25, 0.3) is 16.9 Å². The minimum Gasteiger partial charge on any atom is -0.305 e. The second-order valence-corrected chi connectivity index (χ2v) is 5.05. The Morgan fingerprint density at radius 1 is 1.06 bits per heavy atom. The van der Waals surface area contributed by atoms with Gasteiger partial charge in [-0.05, 0) is 36.8 Å². The molecule has 0 aliphatic heterocycles. The second kappa shape index (κ2) is 4.30. The van der Waals surface area contributed by atoms with Crippen LogP contribution in [0.5, 0.6) is 0 Å². The smallest absolute Gasteiger partial charge is 0.137 e. The van der Waals surface area contributed by atoms with Gasteiger partial charge in [0.05, 0.1) is 10.7 Å². The van der Waals surface area contributed by atoms with Gasteiger partial charge in [0.1, 0.15) is 5.65 Å². The molecule has 0 saturated heterocycles. The van der Waals surface area contributed by atoms with Crippen LogP contribution in [0.2, 0.25) is 10.0 Å². The Balaban J connectivity index is 2.16. The Morgan fingerprint density at radius 3 is 2.67 bits per heavy atom. The zero-order valence-corrected chi connectivity index (χ0v) is 11.2. The monoisotopic (exact) mass is 276 g/mol. The maximum Gasteiger partial charge on any atom is 0.137 e. The molecule has 0 unspecified atom stereocenters. The SMILES string of the molecule is Cc1cc(-c2cn3cc(Cl)ccc3n2)ccc1Cl. The molecule has 3 aromatic rings. The van der Waals surface area contributed by atoms with Gasteiger partial charge in [0.25, 0.3) is 0 Å². The van der Waals surface area contributed by atoms with Crippen LogP contribution in [0.4, 0.5) is 0 Å². The van der Waals surface area contributed by atoms with E-state index in [4.69, 9.17) is 23.2 Å². The molecular weight excluding hydrogens is 267 g/mol. The molecule has 3 rings (SSSR count). The van der Waals surface area contributed by atoms with E-state index in [0.29, 0.717) is 5.02 Å². The van der Waals surface area contributed by atoms with Crippen molar-refractivity contribution in [1.29, 1.82) is 0 Å². The molecule has 90 valence electrons. The second-order valence-electron chi connectivity index (χ2n) is 4.20. The Morgan fingerprint density at radius 2 is 1.89 bits per heavy atom.